The molecule has 0 aliphatic heterocycles. The topological polar surface area (TPSA) is 26.0 Å². The van der Waals surface area contributed by atoms with Crippen molar-refractivity contribution < 1.29 is 0 Å². The number of hydrogen-bond acceptors (Lipinski definition) is 1. The number of rotatable bonds is 6. The van der Waals surface area contributed by atoms with Crippen LogP contribution in [0.5, 0.6) is 0 Å². The zero-order valence-electron chi connectivity index (χ0n) is 7.84. The molecule has 0 spiro atoms. The molecule has 0 aliphatic rings. The Hall–Kier alpha value is -0.300. The summed E-state index contributed by atoms with van der Waals surface area (Å²) in [6.07, 6.45) is 5.54. The molecule has 1 heteroatoms. The molecule has 0 fully saturated rings. The summed E-state index contributed by atoms with van der Waals surface area (Å²) in [5.74, 6) is 1.47. The Kier molecular flexibility index (Phi) is 6.24. The van der Waals surface area contributed by atoms with E-state index in [0.717, 1.165) is 18.9 Å². The highest BCUT2D eigenvalue weighted by Gasteiger charge is 2.07. The fourth-order valence-corrected chi connectivity index (χ4v) is 1.35. The molecule has 0 saturated carbocycles. The molecule has 11 heavy (non-hydrogen) atoms. The van der Waals surface area contributed by atoms with Gasteiger partial charge in [-0.2, -0.15) is 0 Å². The summed E-state index contributed by atoms with van der Waals surface area (Å²) < 4.78 is 0. The first kappa shape index (κ1) is 10.7. The molecule has 0 aromatic heterocycles. The molecule has 1 unspecified atom stereocenters. The zero-order valence-corrected chi connectivity index (χ0v) is 7.84. The van der Waals surface area contributed by atoms with Gasteiger partial charge in [-0.15, -0.1) is 6.58 Å². The quantitative estimate of drug-likeness (QED) is 0.586. The lowest BCUT2D eigenvalue weighted by Gasteiger charge is -2.15. The van der Waals surface area contributed by atoms with E-state index in [4.69, 9.17) is 5.73 Å². The second-order valence-electron chi connectivity index (χ2n) is 3.60. The molecule has 1 atom stereocenters. The second-order valence-corrected chi connectivity index (χ2v) is 3.60. The van der Waals surface area contributed by atoms with E-state index in [0.29, 0.717) is 5.92 Å². The van der Waals surface area contributed by atoms with Crippen molar-refractivity contribution in [3.8, 4) is 0 Å². The van der Waals surface area contributed by atoms with Crippen molar-refractivity contribution in [1.29, 1.82) is 0 Å². The highest BCUT2D eigenvalue weighted by Crippen LogP contribution is 2.15. The molecule has 0 aromatic carbocycles. The van der Waals surface area contributed by atoms with Gasteiger partial charge in [-0.1, -0.05) is 19.9 Å². The fourth-order valence-electron chi connectivity index (χ4n) is 1.35. The minimum Gasteiger partial charge on any atom is -0.330 e. The van der Waals surface area contributed by atoms with Gasteiger partial charge in [0.05, 0.1) is 0 Å². The fraction of sp³-hybridized carbons (Fsp3) is 0.800. The highest BCUT2D eigenvalue weighted by atomic mass is 14.5. The Morgan fingerprint density at radius 3 is 2.45 bits per heavy atom. The first-order valence-corrected chi connectivity index (χ1v) is 4.51. The molecule has 0 saturated heterocycles. The molecule has 0 aliphatic carbocycles. The summed E-state index contributed by atoms with van der Waals surface area (Å²) in [6.45, 7) is 9.02. The Morgan fingerprint density at radius 1 is 1.45 bits per heavy atom. The normalized spacial score (nSPS) is 13.5. The van der Waals surface area contributed by atoms with E-state index >= 15 is 0 Å². The SMILES string of the molecule is C=CCCC(CN)CC(C)C. The van der Waals surface area contributed by atoms with Gasteiger partial charge in [0.25, 0.3) is 0 Å². The smallest absolute Gasteiger partial charge is 0.00487 e. The lowest BCUT2D eigenvalue weighted by molar-refractivity contribution is 0.396. The molecule has 0 amide bonds. The number of allylic oxidation sites excluding steroid dienone is 1. The van der Waals surface area contributed by atoms with E-state index in [2.05, 4.69) is 20.4 Å². The Labute approximate surface area is 70.7 Å². The van der Waals surface area contributed by atoms with E-state index in [1.54, 1.807) is 0 Å². The first-order chi connectivity index (χ1) is 5.20. The van der Waals surface area contributed by atoms with Gasteiger partial charge in [0.1, 0.15) is 0 Å². The predicted molar refractivity (Wildman–Crippen MR) is 51.4 cm³/mol. The monoisotopic (exact) mass is 155 g/mol. The van der Waals surface area contributed by atoms with Crippen LogP contribution in [0, 0.1) is 11.8 Å². The van der Waals surface area contributed by atoms with Crippen LogP contribution in [0.2, 0.25) is 0 Å². The second kappa shape index (κ2) is 6.41. The van der Waals surface area contributed by atoms with E-state index < -0.39 is 0 Å². The van der Waals surface area contributed by atoms with E-state index in [-0.39, 0.29) is 0 Å². The van der Waals surface area contributed by atoms with Crippen molar-refractivity contribution >= 4 is 0 Å². The van der Waals surface area contributed by atoms with Crippen molar-refractivity contribution in [2.75, 3.05) is 6.54 Å². The highest BCUT2D eigenvalue weighted by molar-refractivity contribution is 4.71. The third kappa shape index (κ3) is 6.11. The lowest BCUT2D eigenvalue weighted by Crippen LogP contribution is -2.16. The molecular weight excluding hydrogens is 134 g/mol. The Balaban J connectivity index is 3.48. The van der Waals surface area contributed by atoms with Crippen LogP contribution in [0.25, 0.3) is 0 Å². The van der Waals surface area contributed by atoms with Crippen LogP contribution in [0.4, 0.5) is 0 Å². The minimum absolute atomic E-state index is 0.702. The average Bonchev–Trinajstić information content (AvgIpc) is 1.97. The number of hydrogen-bond donors (Lipinski definition) is 1. The van der Waals surface area contributed by atoms with E-state index in [1.165, 1.54) is 12.8 Å². The van der Waals surface area contributed by atoms with Crippen LogP contribution in [-0.4, -0.2) is 6.54 Å². The van der Waals surface area contributed by atoms with Gasteiger partial charge in [0.15, 0.2) is 0 Å². The molecule has 0 rings (SSSR count). The maximum Gasteiger partial charge on any atom is -0.00487 e. The van der Waals surface area contributed by atoms with Crippen LogP contribution in [0.15, 0.2) is 12.7 Å². The van der Waals surface area contributed by atoms with E-state index in [1.807, 2.05) is 6.08 Å². The summed E-state index contributed by atoms with van der Waals surface area (Å²) in [7, 11) is 0. The minimum atomic E-state index is 0.702. The van der Waals surface area contributed by atoms with Crippen LogP contribution in [0.1, 0.15) is 33.1 Å². The maximum absolute atomic E-state index is 5.63. The van der Waals surface area contributed by atoms with Gasteiger partial charge in [0.2, 0.25) is 0 Å². The summed E-state index contributed by atoms with van der Waals surface area (Å²) in [4.78, 5) is 0. The predicted octanol–water partition coefficient (Wildman–Crippen LogP) is 2.57. The van der Waals surface area contributed by atoms with Gasteiger partial charge in [-0.05, 0) is 37.6 Å². The van der Waals surface area contributed by atoms with Crippen molar-refractivity contribution in [2.45, 2.75) is 33.1 Å². The van der Waals surface area contributed by atoms with Gasteiger partial charge in [-0.25, -0.2) is 0 Å². The van der Waals surface area contributed by atoms with Crippen molar-refractivity contribution in [2.24, 2.45) is 17.6 Å². The van der Waals surface area contributed by atoms with Crippen LogP contribution in [-0.2, 0) is 0 Å². The van der Waals surface area contributed by atoms with Crippen LogP contribution in [0.3, 0.4) is 0 Å². The maximum atomic E-state index is 5.63. The van der Waals surface area contributed by atoms with Crippen molar-refractivity contribution in [1.82, 2.24) is 0 Å². The molecule has 66 valence electrons. The molecule has 0 radical (unpaired) electrons. The summed E-state index contributed by atoms with van der Waals surface area (Å²) in [5.41, 5.74) is 5.63. The third-order valence-corrected chi connectivity index (χ3v) is 1.92. The largest absolute Gasteiger partial charge is 0.330 e. The third-order valence-electron chi connectivity index (χ3n) is 1.92. The molecule has 1 nitrogen and oxygen atoms in total. The molecule has 2 N–H and O–H groups in total. The Morgan fingerprint density at radius 2 is 2.09 bits per heavy atom. The summed E-state index contributed by atoms with van der Waals surface area (Å²) in [6, 6.07) is 0. The van der Waals surface area contributed by atoms with Gasteiger partial charge < -0.3 is 5.73 Å². The van der Waals surface area contributed by atoms with Gasteiger partial charge in [-0.3, -0.25) is 0 Å². The Bertz CT molecular complexity index is 97.0. The molecule has 0 bridgehead atoms. The van der Waals surface area contributed by atoms with Gasteiger partial charge >= 0.3 is 0 Å². The first-order valence-electron chi connectivity index (χ1n) is 4.51. The lowest BCUT2D eigenvalue weighted by atomic mass is 9.93. The molecular formula is C10H21N. The number of nitrogens with two attached hydrogens (primary N) is 1. The zero-order chi connectivity index (χ0) is 8.69. The molecule has 0 heterocycles. The van der Waals surface area contributed by atoms with Crippen molar-refractivity contribution in [3.05, 3.63) is 12.7 Å². The summed E-state index contributed by atoms with van der Waals surface area (Å²) in [5, 5.41) is 0. The molecule has 0 aromatic rings. The van der Waals surface area contributed by atoms with Crippen LogP contribution >= 0.6 is 0 Å². The van der Waals surface area contributed by atoms with Crippen molar-refractivity contribution in [3.63, 3.8) is 0 Å². The summed E-state index contributed by atoms with van der Waals surface area (Å²) >= 11 is 0. The average molecular weight is 155 g/mol. The standard InChI is InChI=1S/C10H21N/c1-4-5-6-10(8-11)7-9(2)3/h4,9-10H,1,5-8,11H2,2-3H3. The van der Waals surface area contributed by atoms with E-state index in [9.17, 15) is 0 Å². The van der Waals surface area contributed by atoms with Gasteiger partial charge in [0, 0.05) is 0 Å². The van der Waals surface area contributed by atoms with Crippen LogP contribution < -0.4 is 5.73 Å².